The molecule has 0 aliphatic carbocycles. The fourth-order valence-electron chi connectivity index (χ4n) is 1.69. The van der Waals surface area contributed by atoms with Gasteiger partial charge in [-0.1, -0.05) is 11.6 Å². The summed E-state index contributed by atoms with van der Waals surface area (Å²) in [7, 11) is 1.84. The summed E-state index contributed by atoms with van der Waals surface area (Å²) in [5.41, 5.74) is 7.85. The molecule has 0 bridgehead atoms. The molecular weight excluding hydrogens is 273 g/mol. The van der Waals surface area contributed by atoms with E-state index in [2.05, 4.69) is 4.98 Å². The first-order valence-corrected chi connectivity index (χ1v) is 6.60. The topological polar surface area (TPSA) is 42.2 Å². The van der Waals surface area contributed by atoms with Crippen molar-refractivity contribution in [1.82, 2.24) is 4.98 Å². The molecule has 2 aromatic rings. The molecule has 0 atom stereocenters. The van der Waals surface area contributed by atoms with Gasteiger partial charge in [0.15, 0.2) is 0 Å². The summed E-state index contributed by atoms with van der Waals surface area (Å²) in [6.07, 6.45) is 0. The zero-order chi connectivity index (χ0) is 13.3. The molecule has 0 aliphatic heterocycles. The van der Waals surface area contributed by atoms with Gasteiger partial charge in [0.1, 0.15) is 5.82 Å². The van der Waals surface area contributed by atoms with Crippen LogP contribution in [0.15, 0.2) is 17.5 Å². The van der Waals surface area contributed by atoms with Crippen LogP contribution in [0.2, 0.25) is 5.02 Å². The highest BCUT2D eigenvalue weighted by molar-refractivity contribution is 7.09. The number of hydrogen-bond donors (Lipinski definition) is 1. The first-order chi connectivity index (χ1) is 8.47. The fraction of sp³-hybridized carbons (Fsp3) is 0.250. The summed E-state index contributed by atoms with van der Waals surface area (Å²) < 4.78 is 13.4. The van der Waals surface area contributed by atoms with Crippen LogP contribution in [0.25, 0.3) is 0 Å². The molecular formula is C12H13ClFN3S. The molecule has 1 heterocycles. The van der Waals surface area contributed by atoms with Gasteiger partial charge in [-0.3, -0.25) is 0 Å². The molecule has 96 valence electrons. The smallest absolute Gasteiger partial charge is 0.144 e. The van der Waals surface area contributed by atoms with E-state index in [-0.39, 0.29) is 5.02 Å². The van der Waals surface area contributed by atoms with E-state index in [0.29, 0.717) is 17.9 Å². The Hall–Kier alpha value is -1.33. The lowest BCUT2D eigenvalue weighted by molar-refractivity contribution is 0.627. The number of rotatable bonds is 3. The second-order valence-electron chi connectivity index (χ2n) is 4.04. The zero-order valence-electron chi connectivity index (χ0n) is 10.1. The van der Waals surface area contributed by atoms with Crippen LogP contribution in [0.4, 0.5) is 15.8 Å². The van der Waals surface area contributed by atoms with E-state index in [0.717, 1.165) is 10.7 Å². The van der Waals surface area contributed by atoms with Crippen LogP contribution in [0.3, 0.4) is 0 Å². The van der Waals surface area contributed by atoms with Crippen LogP contribution in [0, 0.1) is 12.7 Å². The Morgan fingerprint density at radius 1 is 1.50 bits per heavy atom. The third-order valence-electron chi connectivity index (χ3n) is 2.55. The average molecular weight is 286 g/mol. The number of benzene rings is 1. The van der Waals surface area contributed by atoms with E-state index in [4.69, 9.17) is 17.3 Å². The Morgan fingerprint density at radius 2 is 2.22 bits per heavy atom. The predicted molar refractivity (Wildman–Crippen MR) is 74.8 cm³/mol. The molecule has 2 rings (SSSR count). The molecule has 1 aromatic heterocycles. The van der Waals surface area contributed by atoms with Crippen molar-refractivity contribution in [1.29, 1.82) is 0 Å². The first-order valence-electron chi connectivity index (χ1n) is 5.34. The molecule has 3 nitrogen and oxygen atoms in total. The lowest BCUT2D eigenvalue weighted by atomic mass is 10.2. The van der Waals surface area contributed by atoms with Gasteiger partial charge < -0.3 is 10.6 Å². The fourth-order valence-corrected chi connectivity index (χ4v) is 2.47. The highest BCUT2D eigenvalue weighted by Crippen LogP contribution is 2.29. The van der Waals surface area contributed by atoms with Gasteiger partial charge in [0.2, 0.25) is 0 Å². The number of aromatic nitrogens is 1. The van der Waals surface area contributed by atoms with Gasteiger partial charge in [-0.05, 0) is 13.0 Å². The molecule has 1 aromatic carbocycles. The van der Waals surface area contributed by atoms with Gasteiger partial charge in [-0.15, -0.1) is 11.3 Å². The van der Waals surface area contributed by atoms with E-state index in [9.17, 15) is 4.39 Å². The van der Waals surface area contributed by atoms with Crippen molar-refractivity contribution in [3.8, 4) is 0 Å². The van der Waals surface area contributed by atoms with Gasteiger partial charge in [0.25, 0.3) is 0 Å². The zero-order valence-corrected chi connectivity index (χ0v) is 11.6. The number of aryl methyl sites for hydroxylation is 1. The molecule has 0 unspecified atom stereocenters. The molecule has 0 radical (unpaired) electrons. The van der Waals surface area contributed by atoms with Crippen molar-refractivity contribution < 1.29 is 4.39 Å². The lowest BCUT2D eigenvalue weighted by Crippen LogP contribution is -2.18. The van der Waals surface area contributed by atoms with Crippen LogP contribution in [-0.4, -0.2) is 12.0 Å². The predicted octanol–water partition coefficient (Wildman–Crippen LogP) is 3.46. The molecule has 0 spiro atoms. The summed E-state index contributed by atoms with van der Waals surface area (Å²) in [6.45, 7) is 2.53. The van der Waals surface area contributed by atoms with E-state index in [1.54, 1.807) is 11.3 Å². The second-order valence-corrected chi connectivity index (χ2v) is 5.51. The van der Waals surface area contributed by atoms with E-state index in [1.807, 2.05) is 24.3 Å². The molecule has 0 saturated heterocycles. The minimum atomic E-state index is -0.470. The maximum absolute atomic E-state index is 13.4. The van der Waals surface area contributed by atoms with Crippen molar-refractivity contribution in [2.75, 3.05) is 17.7 Å². The number of anilines is 2. The van der Waals surface area contributed by atoms with Gasteiger partial charge in [0, 0.05) is 18.5 Å². The molecule has 6 heteroatoms. The highest BCUT2D eigenvalue weighted by atomic mass is 35.5. The Kier molecular flexibility index (Phi) is 3.73. The largest absolute Gasteiger partial charge is 0.397 e. The summed E-state index contributed by atoms with van der Waals surface area (Å²) in [5.74, 6) is -0.470. The van der Waals surface area contributed by atoms with Gasteiger partial charge >= 0.3 is 0 Å². The van der Waals surface area contributed by atoms with Gasteiger partial charge in [0.05, 0.1) is 33.6 Å². The lowest BCUT2D eigenvalue weighted by Gasteiger charge is -2.20. The molecule has 0 aliphatic rings. The summed E-state index contributed by atoms with van der Waals surface area (Å²) in [6, 6.07) is 2.77. The Labute approximate surface area is 114 Å². The van der Waals surface area contributed by atoms with E-state index >= 15 is 0 Å². The Bertz CT molecular complexity index is 570. The Morgan fingerprint density at radius 3 is 2.83 bits per heavy atom. The standard InChI is InChI=1S/C12H13ClFN3S/c1-7-16-8(6-18-7)5-17(2)12-4-10(14)9(13)3-11(12)15/h3-4,6H,5,15H2,1-2H3. The maximum Gasteiger partial charge on any atom is 0.144 e. The summed E-state index contributed by atoms with van der Waals surface area (Å²) in [5, 5.41) is 3.02. The average Bonchev–Trinajstić information content (AvgIpc) is 2.69. The van der Waals surface area contributed by atoms with Crippen molar-refractivity contribution in [3.63, 3.8) is 0 Å². The third-order valence-corrected chi connectivity index (χ3v) is 3.66. The van der Waals surface area contributed by atoms with E-state index < -0.39 is 5.82 Å². The van der Waals surface area contributed by atoms with Gasteiger partial charge in [-0.2, -0.15) is 0 Å². The number of hydrogen-bond acceptors (Lipinski definition) is 4. The van der Waals surface area contributed by atoms with Crippen LogP contribution in [-0.2, 0) is 6.54 Å². The number of halogens is 2. The molecule has 0 saturated carbocycles. The maximum atomic E-state index is 13.4. The minimum absolute atomic E-state index is 0.0363. The van der Waals surface area contributed by atoms with Crippen molar-refractivity contribution in [2.45, 2.75) is 13.5 Å². The van der Waals surface area contributed by atoms with Crippen LogP contribution in [0.5, 0.6) is 0 Å². The number of nitrogens with zero attached hydrogens (tertiary/aromatic N) is 2. The number of nitrogen functional groups attached to an aromatic ring is 1. The monoisotopic (exact) mass is 285 g/mol. The third kappa shape index (κ3) is 2.73. The van der Waals surface area contributed by atoms with Crippen LogP contribution in [0.1, 0.15) is 10.7 Å². The van der Waals surface area contributed by atoms with Crippen molar-refractivity contribution in [2.24, 2.45) is 0 Å². The Balaban J connectivity index is 2.23. The summed E-state index contributed by atoms with van der Waals surface area (Å²) >= 11 is 7.26. The van der Waals surface area contributed by atoms with Gasteiger partial charge in [-0.25, -0.2) is 9.37 Å². The van der Waals surface area contributed by atoms with Crippen molar-refractivity contribution in [3.05, 3.63) is 39.1 Å². The van der Waals surface area contributed by atoms with Crippen molar-refractivity contribution >= 4 is 34.3 Å². The SMILES string of the molecule is Cc1nc(CN(C)c2cc(F)c(Cl)cc2N)cs1. The van der Waals surface area contributed by atoms with Crippen LogP contribution >= 0.6 is 22.9 Å². The summed E-state index contributed by atoms with van der Waals surface area (Å²) in [4.78, 5) is 6.21. The number of thiazole rings is 1. The minimum Gasteiger partial charge on any atom is -0.397 e. The molecule has 0 amide bonds. The first kappa shape index (κ1) is 13.1. The normalized spacial score (nSPS) is 10.7. The van der Waals surface area contributed by atoms with E-state index in [1.165, 1.54) is 12.1 Å². The molecule has 0 fully saturated rings. The van der Waals surface area contributed by atoms with Crippen LogP contribution < -0.4 is 10.6 Å². The second kappa shape index (κ2) is 5.12. The number of nitrogens with two attached hydrogens (primary N) is 1. The quantitative estimate of drug-likeness (QED) is 0.878. The molecule has 2 N–H and O–H groups in total. The molecule has 18 heavy (non-hydrogen) atoms. The highest BCUT2D eigenvalue weighted by Gasteiger charge is 2.11.